The first-order valence-corrected chi connectivity index (χ1v) is 5.64. The smallest absolute Gasteiger partial charge is 0.462 e. The van der Waals surface area contributed by atoms with E-state index in [9.17, 15) is 23.1 Å². The van der Waals surface area contributed by atoms with Gasteiger partial charge in [0.05, 0.1) is 18.8 Å². The number of carbonyl (C=O) groups excluding carboxylic acids is 1. The van der Waals surface area contributed by atoms with E-state index < -0.39 is 30.8 Å². The van der Waals surface area contributed by atoms with Gasteiger partial charge in [-0.1, -0.05) is 6.07 Å². The SMILES string of the molecule is CCOC(=O)c1ccc(C(O)CO)c(OC(F)(F)F)c1. The van der Waals surface area contributed by atoms with Crippen molar-refractivity contribution in [1.82, 2.24) is 0 Å². The van der Waals surface area contributed by atoms with Crippen LogP contribution in [-0.2, 0) is 4.74 Å². The lowest BCUT2D eigenvalue weighted by molar-refractivity contribution is -0.275. The third-order valence-electron chi connectivity index (χ3n) is 2.28. The Morgan fingerprint density at radius 2 is 2.05 bits per heavy atom. The van der Waals surface area contributed by atoms with Crippen LogP contribution in [-0.4, -0.2) is 35.8 Å². The van der Waals surface area contributed by atoms with Gasteiger partial charge in [0.1, 0.15) is 11.9 Å². The fourth-order valence-electron chi connectivity index (χ4n) is 1.46. The molecule has 0 aromatic heterocycles. The number of rotatable bonds is 5. The highest BCUT2D eigenvalue weighted by Crippen LogP contribution is 2.31. The molecule has 0 radical (unpaired) electrons. The molecular formula is C12H13F3O5. The Labute approximate surface area is 112 Å². The minimum atomic E-state index is -4.99. The third kappa shape index (κ3) is 4.39. The zero-order valence-corrected chi connectivity index (χ0v) is 10.5. The van der Waals surface area contributed by atoms with Crippen LogP contribution >= 0.6 is 0 Å². The van der Waals surface area contributed by atoms with Crippen LogP contribution in [0.25, 0.3) is 0 Å². The summed E-state index contributed by atoms with van der Waals surface area (Å²) in [6.45, 7) is 0.831. The van der Waals surface area contributed by atoms with Crippen molar-refractivity contribution in [3.8, 4) is 5.75 Å². The van der Waals surface area contributed by atoms with Gasteiger partial charge in [0.2, 0.25) is 0 Å². The molecule has 8 heteroatoms. The predicted octanol–water partition coefficient (Wildman–Crippen LogP) is 1.79. The molecule has 1 rings (SSSR count). The van der Waals surface area contributed by atoms with E-state index in [1.54, 1.807) is 6.92 Å². The number of aliphatic hydroxyl groups excluding tert-OH is 2. The van der Waals surface area contributed by atoms with Gasteiger partial charge >= 0.3 is 12.3 Å². The summed E-state index contributed by atoms with van der Waals surface area (Å²) in [7, 11) is 0. The zero-order valence-electron chi connectivity index (χ0n) is 10.5. The summed E-state index contributed by atoms with van der Waals surface area (Å²) in [5.41, 5.74) is -0.433. The second kappa shape index (κ2) is 6.58. The fraction of sp³-hybridized carbons (Fsp3) is 0.417. The Hall–Kier alpha value is -1.80. The minimum Gasteiger partial charge on any atom is -0.462 e. The maximum Gasteiger partial charge on any atom is 0.573 e. The van der Waals surface area contributed by atoms with Crippen molar-refractivity contribution in [1.29, 1.82) is 0 Å². The summed E-state index contributed by atoms with van der Waals surface area (Å²) in [6, 6.07) is 3.04. The largest absolute Gasteiger partial charge is 0.573 e. The standard InChI is InChI=1S/C12H13F3O5/c1-2-19-11(18)7-3-4-8(9(17)6-16)10(5-7)20-12(13,14)15/h3-5,9,16-17H,2,6H2,1H3. The van der Waals surface area contributed by atoms with Gasteiger partial charge in [0.25, 0.3) is 0 Å². The second-order valence-electron chi connectivity index (χ2n) is 3.72. The molecule has 20 heavy (non-hydrogen) atoms. The minimum absolute atomic E-state index is 0.0648. The van der Waals surface area contributed by atoms with E-state index in [1.165, 1.54) is 6.07 Å². The van der Waals surface area contributed by atoms with E-state index in [4.69, 9.17) is 5.11 Å². The third-order valence-corrected chi connectivity index (χ3v) is 2.28. The summed E-state index contributed by atoms with van der Waals surface area (Å²) in [6.07, 6.45) is -6.54. The van der Waals surface area contributed by atoms with Crippen molar-refractivity contribution in [3.63, 3.8) is 0 Å². The second-order valence-corrected chi connectivity index (χ2v) is 3.72. The number of esters is 1. The Bertz CT molecular complexity index is 473. The summed E-state index contributed by atoms with van der Waals surface area (Å²) < 4.78 is 45.3. The molecule has 1 unspecified atom stereocenters. The van der Waals surface area contributed by atoms with Crippen LogP contribution in [0.4, 0.5) is 13.2 Å². The van der Waals surface area contributed by atoms with E-state index in [0.29, 0.717) is 0 Å². The summed E-state index contributed by atoms with van der Waals surface area (Å²) in [5.74, 6) is -1.57. The zero-order chi connectivity index (χ0) is 15.3. The number of hydrogen-bond donors (Lipinski definition) is 2. The molecule has 0 aliphatic rings. The van der Waals surface area contributed by atoms with Crippen LogP contribution in [0.15, 0.2) is 18.2 Å². The number of alkyl halides is 3. The normalized spacial score (nSPS) is 12.9. The Balaban J connectivity index is 3.17. The molecule has 1 atom stereocenters. The Morgan fingerprint density at radius 3 is 2.55 bits per heavy atom. The topological polar surface area (TPSA) is 76.0 Å². The lowest BCUT2D eigenvalue weighted by Crippen LogP contribution is -2.20. The predicted molar refractivity (Wildman–Crippen MR) is 61.1 cm³/mol. The van der Waals surface area contributed by atoms with Crippen LogP contribution in [0.2, 0.25) is 0 Å². The molecule has 0 fully saturated rings. The summed E-state index contributed by atoms with van der Waals surface area (Å²) in [4.78, 5) is 11.4. The highest BCUT2D eigenvalue weighted by atomic mass is 19.4. The first-order valence-electron chi connectivity index (χ1n) is 5.64. The fourth-order valence-corrected chi connectivity index (χ4v) is 1.46. The average molecular weight is 294 g/mol. The van der Waals surface area contributed by atoms with Gasteiger partial charge in [0.15, 0.2) is 0 Å². The Kier molecular flexibility index (Phi) is 5.34. The van der Waals surface area contributed by atoms with Crippen LogP contribution in [0.3, 0.4) is 0 Å². The van der Waals surface area contributed by atoms with E-state index >= 15 is 0 Å². The number of hydrogen-bond acceptors (Lipinski definition) is 5. The van der Waals surface area contributed by atoms with Gasteiger partial charge in [-0.15, -0.1) is 13.2 Å². The van der Waals surface area contributed by atoms with Crippen LogP contribution in [0, 0.1) is 0 Å². The van der Waals surface area contributed by atoms with Gasteiger partial charge in [-0.2, -0.15) is 0 Å². The molecule has 0 saturated heterocycles. The molecule has 0 aliphatic carbocycles. The first kappa shape index (κ1) is 16.3. The molecule has 2 N–H and O–H groups in total. The van der Waals surface area contributed by atoms with Gasteiger partial charge < -0.3 is 19.7 Å². The number of aliphatic hydroxyl groups is 2. The Morgan fingerprint density at radius 1 is 1.40 bits per heavy atom. The summed E-state index contributed by atoms with van der Waals surface area (Å²) >= 11 is 0. The molecule has 0 saturated carbocycles. The molecule has 1 aromatic carbocycles. The molecule has 0 heterocycles. The van der Waals surface area contributed by atoms with Gasteiger partial charge in [-0.3, -0.25) is 0 Å². The van der Waals surface area contributed by atoms with Crippen molar-refractivity contribution in [2.45, 2.75) is 19.4 Å². The number of benzene rings is 1. The maximum absolute atomic E-state index is 12.3. The van der Waals surface area contributed by atoms with E-state index in [0.717, 1.165) is 12.1 Å². The molecule has 0 amide bonds. The molecule has 5 nitrogen and oxygen atoms in total. The van der Waals surface area contributed by atoms with Crippen LogP contribution < -0.4 is 4.74 Å². The van der Waals surface area contributed by atoms with E-state index in [-0.39, 0.29) is 17.7 Å². The highest BCUT2D eigenvalue weighted by Gasteiger charge is 2.33. The first-order chi connectivity index (χ1) is 9.28. The lowest BCUT2D eigenvalue weighted by Gasteiger charge is -2.16. The van der Waals surface area contributed by atoms with Gasteiger partial charge in [0, 0.05) is 5.56 Å². The maximum atomic E-state index is 12.3. The summed E-state index contributed by atoms with van der Waals surface area (Å²) in [5, 5.41) is 18.2. The van der Waals surface area contributed by atoms with Crippen LogP contribution in [0.1, 0.15) is 28.9 Å². The molecule has 1 aromatic rings. The average Bonchev–Trinajstić information content (AvgIpc) is 2.36. The van der Waals surface area contributed by atoms with Crippen LogP contribution in [0.5, 0.6) is 5.75 Å². The number of ether oxygens (including phenoxy) is 2. The van der Waals surface area contributed by atoms with Crippen molar-refractivity contribution in [2.24, 2.45) is 0 Å². The number of halogens is 3. The van der Waals surface area contributed by atoms with E-state index in [2.05, 4.69) is 9.47 Å². The highest BCUT2D eigenvalue weighted by molar-refractivity contribution is 5.90. The van der Waals surface area contributed by atoms with Crippen molar-refractivity contribution >= 4 is 5.97 Å². The molecule has 0 spiro atoms. The van der Waals surface area contributed by atoms with Crippen molar-refractivity contribution in [2.75, 3.05) is 13.2 Å². The molecular weight excluding hydrogens is 281 g/mol. The molecule has 0 bridgehead atoms. The monoisotopic (exact) mass is 294 g/mol. The van der Waals surface area contributed by atoms with Gasteiger partial charge in [-0.25, -0.2) is 4.79 Å². The van der Waals surface area contributed by atoms with Gasteiger partial charge in [-0.05, 0) is 19.1 Å². The molecule has 0 aliphatic heterocycles. The number of carbonyl (C=O) groups is 1. The lowest BCUT2D eigenvalue weighted by atomic mass is 10.1. The van der Waals surface area contributed by atoms with E-state index in [1.807, 2.05) is 0 Å². The van der Waals surface area contributed by atoms with Crippen molar-refractivity contribution in [3.05, 3.63) is 29.3 Å². The van der Waals surface area contributed by atoms with Crippen molar-refractivity contribution < 1.29 is 37.7 Å². The quantitative estimate of drug-likeness (QED) is 0.810. The molecule has 112 valence electrons.